The predicted octanol–water partition coefficient (Wildman–Crippen LogP) is 4.53. The molecule has 1 aliphatic rings. The van der Waals surface area contributed by atoms with E-state index in [1.807, 2.05) is 48.7 Å². The number of carbonyl (C=O) groups excluding carboxylic acids is 2. The number of ether oxygens (including phenoxy) is 1. The van der Waals surface area contributed by atoms with Crippen molar-refractivity contribution in [1.29, 1.82) is 0 Å². The molecule has 168 valence electrons. The Kier molecular flexibility index (Phi) is 5.69. The van der Waals surface area contributed by atoms with Gasteiger partial charge in [-0.1, -0.05) is 54.6 Å². The highest BCUT2D eigenvalue weighted by Crippen LogP contribution is 2.28. The minimum absolute atomic E-state index is 0.0130. The first-order valence-electron chi connectivity index (χ1n) is 10.7. The van der Waals surface area contributed by atoms with E-state index in [9.17, 15) is 9.59 Å². The number of anilines is 1. The second-order valence-electron chi connectivity index (χ2n) is 7.87. The van der Waals surface area contributed by atoms with Crippen molar-refractivity contribution in [3.05, 3.63) is 102 Å². The van der Waals surface area contributed by atoms with Crippen molar-refractivity contribution in [2.24, 2.45) is 0 Å². The largest absolute Gasteiger partial charge is 0.497 e. The van der Waals surface area contributed by atoms with Crippen LogP contribution in [0.5, 0.6) is 5.75 Å². The zero-order chi connectivity index (χ0) is 23.7. The number of fused-ring (bicyclic) bond motifs is 1. The molecule has 0 spiro atoms. The van der Waals surface area contributed by atoms with Crippen LogP contribution < -0.4 is 15.0 Å². The summed E-state index contributed by atoms with van der Waals surface area (Å²) in [4.78, 5) is 27.6. The fraction of sp³-hybridized carbons (Fsp3) is 0.0741. The van der Waals surface area contributed by atoms with Crippen LogP contribution in [0.4, 0.5) is 5.69 Å². The highest BCUT2D eigenvalue weighted by Gasteiger charge is 2.34. The number of para-hydroxylation sites is 1. The Bertz CT molecular complexity index is 1460. The molecule has 0 bridgehead atoms. The number of nitrogens with one attached hydrogen (secondary N) is 1. The number of carbonyl (C=O) groups is 2. The van der Waals surface area contributed by atoms with Crippen LogP contribution in [0.1, 0.15) is 11.1 Å². The van der Waals surface area contributed by atoms with Crippen LogP contribution in [0.15, 0.2) is 90.6 Å². The van der Waals surface area contributed by atoms with Gasteiger partial charge >= 0.3 is 0 Å². The van der Waals surface area contributed by atoms with Crippen LogP contribution in [0.2, 0.25) is 0 Å². The highest BCUT2D eigenvalue weighted by atomic mass is 32.1. The van der Waals surface area contributed by atoms with Crippen molar-refractivity contribution in [3.8, 4) is 5.75 Å². The number of amides is 2. The van der Waals surface area contributed by atoms with Crippen LogP contribution in [-0.4, -0.2) is 28.6 Å². The second-order valence-corrected chi connectivity index (χ2v) is 8.26. The van der Waals surface area contributed by atoms with Crippen LogP contribution in [0.25, 0.3) is 17.0 Å². The van der Waals surface area contributed by atoms with Gasteiger partial charge in [0.25, 0.3) is 11.8 Å². The first-order valence-corrected chi connectivity index (χ1v) is 11.1. The number of nitrogens with zero attached hydrogens (tertiary/aromatic N) is 2. The van der Waals surface area contributed by atoms with Crippen LogP contribution in [-0.2, 0) is 16.1 Å². The number of benzene rings is 3. The van der Waals surface area contributed by atoms with E-state index in [4.69, 9.17) is 17.0 Å². The quantitative estimate of drug-likeness (QED) is 0.266. The molecule has 0 saturated carbocycles. The maximum atomic E-state index is 13.4. The van der Waals surface area contributed by atoms with Crippen molar-refractivity contribution in [3.63, 3.8) is 0 Å². The van der Waals surface area contributed by atoms with Gasteiger partial charge in [0.1, 0.15) is 11.3 Å². The summed E-state index contributed by atoms with van der Waals surface area (Å²) in [6, 6.07) is 25.0. The third-order valence-electron chi connectivity index (χ3n) is 5.73. The zero-order valence-electron chi connectivity index (χ0n) is 18.4. The van der Waals surface area contributed by atoms with Crippen molar-refractivity contribution < 1.29 is 14.3 Å². The second kappa shape index (κ2) is 8.96. The molecule has 1 N–H and O–H groups in total. The summed E-state index contributed by atoms with van der Waals surface area (Å²) < 4.78 is 7.39. The van der Waals surface area contributed by atoms with Gasteiger partial charge in [-0.15, -0.1) is 0 Å². The minimum atomic E-state index is -0.519. The number of hydrogen-bond acceptors (Lipinski definition) is 4. The van der Waals surface area contributed by atoms with E-state index in [1.165, 1.54) is 4.90 Å². The van der Waals surface area contributed by atoms with Crippen molar-refractivity contribution in [2.45, 2.75) is 6.54 Å². The van der Waals surface area contributed by atoms with Crippen molar-refractivity contribution in [2.75, 3.05) is 12.0 Å². The standard InChI is InChI=1S/C27H21N3O3S/c1-33-21-11-7-10-20(15-21)30-26(32)23(25(31)28-27(30)34)14-19-17-29(16-18-8-3-2-4-9-18)24-13-6-5-12-22(19)24/h2-15,17H,16H2,1H3,(H,28,31,34). The maximum absolute atomic E-state index is 13.4. The fourth-order valence-electron chi connectivity index (χ4n) is 4.10. The normalized spacial score (nSPS) is 15.1. The molecule has 1 saturated heterocycles. The van der Waals surface area contributed by atoms with Gasteiger partial charge in [-0.05, 0) is 42.1 Å². The Morgan fingerprint density at radius 2 is 1.74 bits per heavy atom. The lowest BCUT2D eigenvalue weighted by Crippen LogP contribution is -2.54. The summed E-state index contributed by atoms with van der Waals surface area (Å²) in [5, 5.41) is 3.63. The first kappa shape index (κ1) is 21.6. The molecule has 1 aliphatic heterocycles. The summed E-state index contributed by atoms with van der Waals surface area (Å²) in [7, 11) is 1.55. The van der Waals surface area contributed by atoms with E-state index in [2.05, 4.69) is 22.0 Å². The van der Waals surface area contributed by atoms with Gasteiger partial charge in [-0.3, -0.25) is 19.8 Å². The van der Waals surface area contributed by atoms with E-state index in [-0.39, 0.29) is 10.7 Å². The molecule has 5 rings (SSSR count). The molecule has 34 heavy (non-hydrogen) atoms. The van der Waals surface area contributed by atoms with E-state index < -0.39 is 11.8 Å². The van der Waals surface area contributed by atoms with Gasteiger partial charge in [0.2, 0.25) is 0 Å². The summed E-state index contributed by atoms with van der Waals surface area (Å²) in [6.07, 6.45) is 3.60. The van der Waals surface area contributed by atoms with Gasteiger partial charge in [0.15, 0.2) is 5.11 Å². The monoisotopic (exact) mass is 467 g/mol. The third-order valence-corrected chi connectivity index (χ3v) is 6.01. The maximum Gasteiger partial charge on any atom is 0.270 e. The van der Waals surface area contributed by atoms with E-state index >= 15 is 0 Å². The molecule has 3 aromatic carbocycles. The molecule has 2 heterocycles. The highest BCUT2D eigenvalue weighted by molar-refractivity contribution is 7.80. The van der Waals surface area contributed by atoms with Gasteiger partial charge in [-0.25, -0.2) is 0 Å². The van der Waals surface area contributed by atoms with E-state index in [0.717, 1.165) is 22.0 Å². The summed E-state index contributed by atoms with van der Waals surface area (Å²) in [5.41, 5.74) is 3.49. The lowest BCUT2D eigenvalue weighted by molar-refractivity contribution is -0.122. The number of aromatic nitrogens is 1. The summed E-state index contributed by atoms with van der Waals surface area (Å²) >= 11 is 5.32. The SMILES string of the molecule is COc1cccc(N2C(=O)C(=Cc3cn(Cc4ccccc4)c4ccccc34)C(=O)NC2=S)c1. The van der Waals surface area contributed by atoms with E-state index in [1.54, 1.807) is 37.5 Å². The summed E-state index contributed by atoms with van der Waals surface area (Å²) in [5.74, 6) is -0.421. The molecule has 0 radical (unpaired) electrons. The van der Waals surface area contributed by atoms with Crippen LogP contribution in [0, 0.1) is 0 Å². The molecule has 1 fully saturated rings. The molecule has 6 nitrogen and oxygen atoms in total. The number of methoxy groups -OCH3 is 1. The molecule has 0 atom stereocenters. The minimum Gasteiger partial charge on any atom is -0.497 e. The lowest BCUT2D eigenvalue weighted by atomic mass is 10.1. The molecule has 4 aromatic rings. The number of rotatable bonds is 5. The molecular weight excluding hydrogens is 446 g/mol. The molecule has 7 heteroatoms. The third kappa shape index (κ3) is 3.97. The number of hydrogen-bond donors (Lipinski definition) is 1. The number of thiocarbonyl (C=S) groups is 1. The first-order chi connectivity index (χ1) is 16.5. The predicted molar refractivity (Wildman–Crippen MR) is 137 cm³/mol. The molecule has 1 aromatic heterocycles. The molecule has 2 amide bonds. The smallest absolute Gasteiger partial charge is 0.270 e. The molecular formula is C27H21N3O3S. The van der Waals surface area contributed by atoms with Crippen molar-refractivity contribution in [1.82, 2.24) is 9.88 Å². The Morgan fingerprint density at radius 1 is 0.971 bits per heavy atom. The van der Waals surface area contributed by atoms with Gasteiger partial charge in [0.05, 0.1) is 12.8 Å². The average Bonchev–Trinajstić information content (AvgIpc) is 3.19. The van der Waals surface area contributed by atoms with Gasteiger partial charge < -0.3 is 9.30 Å². The lowest BCUT2D eigenvalue weighted by Gasteiger charge is -2.29. The van der Waals surface area contributed by atoms with Crippen molar-refractivity contribution >= 4 is 51.8 Å². The Balaban J connectivity index is 1.57. The zero-order valence-corrected chi connectivity index (χ0v) is 19.2. The van der Waals surface area contributed by atoms with Gasteiger partial charge in [0, 0.05) is 35.3 Å². The van der Waals surface area contributed by atoms with Gasteiger partial charge in [-0.2, -0.15) is 0 Å². The summed E-state index contributed by atoms with van der Waals surface area (Å²) in [6.45, 7) is 0.671. The van der Waals surface area contributed by atoms with Crippen LogP contribution >= 0.6 is 12.2 Å². The fourth-order valence-corrected chi connectivity index (χ4v) is 4.38. The Morgan fingerprint density at radius 3 is 2.53 bits per heavy atom. The van der Waals surface area contributed by atoms with Crippen LogP contribution in [0.3, 0.4) is 0 Å². The molecule has 0 unspecified atom stereocenters. The molecule has 0 aliphatic carbocycles. The Labute approximate surface area is 202 Å². The van der Waals surface area contributed by atoms with E-state index in [0.29, 0.717) is 18.0 Å². The Hall–Kier alpha value is -4.23. The average molecular weight is 468 g/mol. The topological polar surface area (TPSA) is 63.6 Å².